The minimum Gasteiger partial charge on any atom is -0.390 e. The van der Waals surface area contributed by atoms with Gasteiger partial charge in [0.25, 0.3) is 0 Å². The molecule has 0 amide bonds. The summed E-state index contributed by atoms with van der Waals surface area (Å²) >= 11 is 5.95. The maximum atomic E-state index is 9.18. The van der Waals surface area contributed by atoms with E-state index >= 15 is 0 Å². The van der Waals surface area contributed by atoms with Crippen LogP contribution in [0.1, 0.15) is 26.0 Å². The second kappa shape index (κ2) is 5.23. The van der Waals surface area contributed by atoms with E-state index in [1.807, 2.05) is 12.1 Å². The van der Waals surface area contributed by atoms with Crippen LogP contribution >= 0.6 is 11.6 Å². The van der Waals surface area contributed by atoms with Gasteiger partial charge in [-0.1, -0.05) is 25.4 Å². The lowest BCUT2D eigenvalue weighted by Crippen LogP contribution is -2.39. The Morgan fingerprint density at radius 1 is 1.35 bits per heavy atom. The molecule has 0 aromatic carbocycles. The van der Waals surface area contributed by atoms with E-state index in [0.29, 0.717) is 22.6 Å². The molecule has 3 nitrogen and oxygen atoms in total. The van der Waals surface area contributed by atoms with Crippen molar-refractivity contribution in [1.82, 2.24) is 4.98 Å². The molecule has 1 aromatic heterocycles. The Balaban J connectivity index is 2.21. The quantitative estimate of drug-likeness (QED) is 0.882. The van der Waals surface area contributed by atoms with Crippen LogP contribution in [-0.2, 0) is 6.61 Å². The zero-order valence-electron chi connectivity index (χ0n) is 10.4. The second-order valence-electron chi connectivity index (χ2n) is 5.11. The number of rotatable bonds is 2. The van der Waals surface area contributed by atoms with Crippen LogP contribution in [0, 0.1) is 11.8 Å². The molecule has 0 radical (unpaired) electrons. The maximum absolute atomic E-state index is 9.18. The number of hydrogen-bond acceptors (Lipinski definition) is 3. The third-order valence-corrected chi connectivity index (χ3v) is 3.59. The highest BCUT2D eigenvalue weighted by Gasteiger charge is 2.23. The molecule has 17 heavy (non-hydrogen) atoms. The SMILES string of the molecule is CC1CC(C)CN(c2ccc(Cl)c(CO)n2)C1. The van der Waals surface area contributed by atoms with Gasteiger partial charge in [0, 0.05) is 13.1 Å². The Labute approximate surface area is 107 Å². The summed E-state index contributed by atoms with van der Waals surface area (Å²) in [6.45, 7) is 6.50. The Bertz CT molecular complexity index is 387. The van der Waals surface area contributed by atoms with Crippen molar-refractivity contribution in [2.24, 2.45) is 11.8 Å². The fourth-order valence-electron chi connectivity index (χ4n) is 2.61. The fourth-order valence-corrected chi connectivity index (χ4v) is 2.77. The van der Waals surface area contributed by atoms with Crippen LogP contribution in [-0.4, -0.2) is 23.2 Å². The van der Waals surface area contributed by atoms with Crippen LogP contribution in [0.2, 0.25) is 5.02 Å². The minimum absolute atomic E-state index is 0.106. The van der Waals surface area contributed by atoms with Crippen molar-refractivity contribution in [2.75, 3.05) is 18.0 Å². The Morgan fingerprint density at radius 2 is 2.00 bits per heavy atom. The molecular formula is C13H19ClN2O. The molecule has 1 aliphatic heterocycles. The Morgan fingerprint density at radius 3 is 2.59 bits per heavy atom. The normalized spacial score (nSPS) is 25.1. The van der Waals surface area contributed by atoms with E-state index in [1.165, 1.54) is 6.42 Å². The molecule has 2 rings (SSSR count). The lowest BCUT2D eigenvalue weighted by Gasteiger charge is -2.36. The van der Waals surface area contributed by atoms with Crippen molar-refractivity contribution in [1.29, 1.82) is 0 Å². The molecule has 1 N–H and O–H groups in total. The molecule has 0 bridgehead atoms. The van der Waals surface area contributed by atoms with E-state index in [2.05, 4.69) is 23.7 Å². The molecule has 4 heteroatoms. The minimum atomic E-state index is -0.106. The topological polar surface area (TPSA) is 36.4 Å². The number of piperidine rings is 1. The smallest absolute Gasteiger partial charge is 0.129 e. The number of aromatic nitrogens is 1. The summed E-state index contributed by atoms with van der Waals surface area (Å²) in [4.78, 5) is 6.71. The molecule has 0 saturated carbocycles. The third-order valence-electron chi connectivity index (χ3n) is 3.25. The predicted molar refractivity (Wildman–Crippen MR) is 70.3 cm³/mol. The van der Waals surface area contributed by atoms with Crippen molar-refractivity contribution in [3.63, 3.8) is 0 Å². The lowest BCUT2D eigenvalue weighted by atomic mass is 9.92. The molecule has 94 valence electrons. The van der Waals surface area contributed by atoms with Gasteiger partial charge in [-0.05, 0) is 30.4 Å². The first-order chi connectivity index (χ1) is 8.10. The van der Waals surface area contributed by atoms with Gasteiger partial charge in [-0.15, -0.1) is 0 Å². The number of aliphatic hydroxyl groups is 1. The van der Waals surface area contributed by atoms with Crippen molar-refractivity contribution < 1.29 is 5.11 Å². The maximum Gasteiger partial charge on any atom is 0.129 e. The molecule has 1 aliphatic rings. The van der Waals surface area contributed by atoms with Gasteiger partial charge in [-0.2, -0.15) is 0 Å². The number of nitrogens with zero attached hydrogens (tertiary/aromatic N) is 2. The summed E-state index contributed by atoms with van der Waals surface area (Å²) in [7, 11) is 0. The number of anilines is 1. The van der Waals surface area contributed by atoms with Crippen molar-refractivity contribution >= 4 is 17.4 Å². The highest BCUT2D eigenvalue weighted by molar-refractivity contribution is 6.31. The molecule has 1 saturated heterocycles. The summed E-state index contributed by atoms with van der Waals surface area (Å²) in [5.41, 5.74) is 0.565. The van der Waals surface area contributed by atoms with E-state index in [0.717, 1.165) is 18.9 Å². The first-order valence-electron chi connectivity index (χ1n) is 6.11. The van der Waals surface area contributed by atoms with Gasteiger partial charge in [0.05, 0.1) is 17.3 Å². The van der Waals surface area contributed by atoms with Crippen LogP contribution in [0.4, 0.5) is 5.82 Å². The van der Waals surface area contributed by atoms with E-state index < -0.39 is 0 Å². The van der Waals surface area contributed by atoms with Crippen molar-refractivity contribution in [3.8, 4) is 0 Å². The molecule has 1 aromatic rings. The largest absolute Gasteiger partial charge is 0.390 e. The molecule has 0 aliphatic carbocycles. The summed E-state index contributed by atoms with van der Waals surface area (Å²) in [5.74, 6) is 2.31. The fraction of sp³-hybridized carbons (Fsp3) is 0.615. The summed E-state index contributed by atoms with van der Waals surface area (Å²) < 4.78 is 0. The zero-order chi connectivity index (χ0) is 12.4. The first kappa shape index (κ1) is 12.7. The van der Waals surface area contributed by atoms with Crippen LogP contribution < -0.4 is 4.90 Å². The predicted octanol–water partition coefficient (Wildman–Crippen LogP) is 2.71. The van der Waals surface area contributed by atoms with E-state index in [-0.39, 0.29) is 6.61 Å². The number of halogens is 1. The molecule has 2 atom stereocenters. The molecule has 2 unspecified atom stereocenters. The van der Waals surface area contributed by atoms with Crippen LogP contribution in [0.15, 0.2) is 12.1 Å². The monoisotopic (exact) mass is 254 g/mol. The van der Waals surface area contributed by atoms with E-state index in [1.54, 1.807) is 0 Å². The van der Waals surface area contributed by atoms with Crippen molar-refractivity contribution in [3.05, 3.63) is 22.8 Å². The number of aliphatic hydroxyl groups excluding tert-OH is 1. The van der Waals surface area contributed by atoms with Gasteiger partial charge in [-0.3, -0.25) is 0 Å². The van der Waals surface area contributed by atoms with E-state index in [4.69, 9.17) is 11.6 Å². The second-order valence-corrected chi connectivity index (χ2v) is 5.51. The zero-order valence-corrected chi connectivity index (χ0v) is 11.1. The van der Waals surface area contributed by atoms with Gasteiger partial charge < -0.3 is 10.0 Å². The molecular weight excluding hydrogens is 236 g/mol. The van der Waals surface area contributed by atoms with Crippen LogP contribution in [0.5, 0.6) is 0 Å². The van der Waals surface area contributed by atoms with Crippen LogP contribution in [0.3, 0.4) is 0 Å². The average Bonchev–Trinajstić information content (AvgIpc) is 2.28. The highest BCUT2D eigenvalue weighted by Crippen LogP contribution is 2.26. The van der Waals surface area contributed by atoms with Crippen LogP contribution in [0.25, 0.3) is 0 Å². The van der Waals surface area contributed by atoms with Gasteiger partial charge in [0.15, 0.2) is 0 Å². The van der Waals surface area contributed by atoms with Gasteiger partial charge in [0.2, 0.25) is 0 Å². The van der Waals surface area contributed by atoms with Crippen molar-refractivity contribution in [2.45, 2.75) is 26.9 Å². The Kier molecular flexibility index (Phi) is 3.89. The van der Waals surface area contributed by atoms with Gasteiger partial charge in [-0.25, -0.2) is 4.98 Å². The lowest BCUT2D eigenvalue weighted by molar-refractivity contribution is 0.276. The third kappa shape index (κ3) is 2.90. The summed E-state index contributed by atoms with van der Waals surface area (Å²) in [6.07, 6.45) is 1.27. The number of pyridine rings is 1. The first-order valence-corrected chi connectivity index (χ1v) is 6.49. The molecule has 2 heterocycles. The standard InChI is InChI=1S/C13H19ClN2O/c1-9-5-10(2)7-16(6-9)13-4-3-11(14)12(8-17)15-13/h3-4,9-10,17H,5-8H2,1-2H3. The molecule has 1 fully saturated rings. The van der Waals surface area contributed by atoms with Gasteiger partial charge in [0.1, 0.15) is 5.82 Å². The average molecular weight is 255 g/mol. The van der Waals surface area contributed by atoms with E-state index in [9.17, 15) is 5.11 Å². The number of hydrogen-bond donors (Lipinski definition) is 1. The Hall–Kier alpha value is -0.800. The summed E-state index contributed by atoms with van der Waals surface area (Å²) in [6, 6.07) is 3.76. The molecule has 0 spiro atoms. The highest BCUT2D eigenvalue weighted by atomic mass is 35.5. The van der Waals surface area contributed by atoms with Gasteiger partial charge >= 0.3 is 0 Å². The summed E-state index contributed by atoms with van der Waals surface area (Å²) in [5, 5.41) is 9.72.